The monoisotopic (exact) mass is 385 g/mol. The molecule has 0 unspecified atom stereocenters. The highest BCUT2D eigenvalue weighted by molar-refractivity contribution is 7.88. The number of halogens is 1. The first-order valence-electron chi connectivity index (χ1n) is 7.93. The van der Waals surface area contributed by atoms with Gasteiger partial charge in [0.2, 0.25) is 10.0 Å². The first kappa shape index (κ1) is 17.7. The van der Waals surface area contributed by atoms with Gasteiger partial charge in [0.15, 0.2) is 5.13 Å². The molecule has 0 bridgehead atoms. The summed E-state index contributed by atoms with van der Waals surface area (Å²) >= 11 is 7.65. The van der Waals surface area contributed by atoms with Gasteiger partial charge in [0.1, 0.15) is 0 Å². The van der Waals surface area contributed by atoms with Crippen LogP contribution in [-0.2, 0) is 22.2 Å². The van der Waals surface area contributed by atoms with E-state index in [0.29, 0.717) is 23.6 Å². The summed E-state index contributed by atoms with van der Waals surface area (Å²) in [5.41, 5.74) is 1.54. The van der Waals surface area contributed by atoms with Gasteiger partial charge in [0.25, 0.3) is 0 Å². The van der Waals surface area contributed by atoms with Crippen LogP contribution in [0.15, 0.2) is 29.6 Å². The maximum Gasteiger partial charge on any atom is 0.215 e. The first-order chi connectivity index (χ1) is 11.5. The Morgan fingerprint density at radius 3 is 2.75 bits per heavy atom. The summed E-state index contributed by atoms with van der Waals surface area (Å²) in [6.45, 7) is 2.48. The number of nitrogens with zero attached hydrogens (tertiary/aromatic N) is 2. The zero-order valence-electron chi connectivity index (χ0n) is 13.2. The van der Waals surface area contributed by atoms with Crippen LogP contribution >= 0.6 is 22.9 Å². The Hall–Kier alpha value is -1.15. The van der Waals surface area contributed by atoms with Crippen LogP contribution in [0, 0.1) is 0 Å². The van der Waals surface area contributed by atoms with Gasteiger partial charge in [0, 0.05) is 36.5 Å². The molecule has 0 saturated carbocycles. The Balaban J connectivity index is 1.51. The van der Waals surface area contributed by atoms with Gasteiger partial charge in [-0.1, -0.05) is 29.8 Å². The quantitative estimate of drug-likeness (QED) is 0.795. The van der Waals surface area contributed by atoms with Crippen LogP contribution in [0.1, 0.15) is 24.1 Å². The van der Waals surface area contributed by atoms with Crippen LogP contribution in [0.3, 0.4) is 0 Å². The van der Waals surface area contributed by atoms with Gasteiger partial charge in [-0.2, -0.15) is 0 Å². The molecule has 1 aromatic heterocycles. The number of thiazole rings is 1. The smallest absolute Gasteiger partial charge is 0.215 e. The third-order valence-electron chi connectivity index (χ3n) is 3.92. The molecule has 8 heteroatoms. The number of sulfonamides is 1. The van der Waals surface area contributed by atoms with E-state index in [2.05, 4.69) is 14.6 Å². The summed E-state index contributed by atoms with van der Waals surface area (Å²) in [5.74, 6) is -0.108. The van der Waals surface area contributed by atoms with E-state index in [0.717, 1.165) is 23.9 Å². The summed E-state index contributed by atoms with van der Waals surface area (Å²) in [4.78, 5) is 6.89. The molecule has 0 radical (unpaired) electrons. The third kappa shape index (κ3) is 4.69. The molecule has 1 fully saturated rings. The van der Waals surface area contributed by atoms with Gasteiger partial charge in [-0.15, -0.1) is 11.3 Å². The summed E-state index contributed by atoms with van der Waals surface area (Å²) in [5, 5.41) is 3.52. The fraction of sp³-hybridized carbons (Fsp3) is 0.438. The van der Waals surface area contributed by atoms with Crippen molar-refractivity contribution in [3.05, 3.63) is 45.9 Å². The summed E-state index contributed by atoms with van der Waals surface area (Å²) in [6, 6.07) is 6.99. The molecule has 2 heterocycles. The van der Waals surface area contributed by atoms with Crippen molar-refractivity contribution in [2.75, 3.05) is 24.5 Å². The Kier molecular flexibility index (Phi) is 5.76. The molecule has 0 aliphatic carbocycles. The molecule has 1 aliphatic heterocycles. The van der Waals surface area contributed by atoms with Crippen molar-refractivity contribution in [2.45, 2.75) is 25.0 Å². The van der Waals surface area contributed by atoms with Crippen molar-refractivity contribution in [1.29, 1.82) is 0 Å². The molecule has 0 spiro atoms. The van der Waals surface area contributed by atoms with E-state index in [4.69, 9.17) is 11.6 Å². The summed E-state index contributed by atoms with van der Waals surface area (Å²) in [7, 11) is -3.41. The number of benzene rings is 1. The highest BCUT2D eigenvalue weighted by Gasteiger charge is 2.16. The highest BCUT2D eigenvalue weighted by Crippen LogP contribution is 2.24. The van der Waals surface area contributed by atoms with E-state index < -0.39 is 10.0 Å². The van der Waals surface area contributed by atoms with Crippen molar-refractivity contribution in [1.82, 2.24) is 9.71 Å². The second-order valence-corrected chi connectivity index (χ2v) is 8.86. The van der Waals surface area contributed by atoms with E-state index in [1.807, 2.05) is 5.38 Å². The molecule has 1 N–H and O–H groups in total. The lowest BCUT2D eigenvalue weighted by Crippen LogP contribution is -2.27. The topological polar surface area (TPSA) is 62.3 Å². The predicted octanol–water partition coefficient (Wildman–Crippen LogP) is 3.06. The number of hydrogen-bond donors (Lipinski definition) is 1. The van der Waals surface area contributed by atoms with Crippen molar-refractivity contribution in [3.63, 3.8) is 0 Å². The van der Waals surface area contributed by atoms with Crippen molar-refractivity contribution >= 4 is 38.1 Å². The Morgan fingerprint density at radius 1 is 1.25 bits per heavy atom. The standard InChI is InChI=1S/C16H20ClN3O2S2/c17-15-6-2-1-5-13(15)12-24(21,22)18-8-7-14-11-23-16(19-14)20-9-3-4-10-20/h1-2,5-6,11,18H,3-4,7-10,12H2. The fourth-order valence-corrected chi connectivity index (χ4v) is 5.04. The van der Waals surface area contributed by atoms with E-state index >= 15 is 0 Å². The van der Waals surface area contributed by atoms with Crippen LogP contribution in [0.4, 0.5) is 5.13 Å². The lowest BCUT2D eigenvalue weighted by Gasteiger charge is -2.12. The number of aromatic nitrogens is 1. The lowest BCUT2D eigenvalue weighted by atomic mass is 10.2. The zero-order chi connectivity index (χ0) is 17.0. The third-order valence-corrected chi connectivity index (χ3v) is 6.58. The molecule has 5 nitrogen and oxygen atoms in total. The molecule has 1 aliphatic rings. The second-order valence-electron chi connectivity index (χ2n) is 5.81. The maximum absolute atomic E-state index is 12.2. The zero-order valence-corrected chi connectivity index (χ0v) is 15.6. The Morgan fingerprint density at radius 2 is 2.00 bits per heavy atom. The first-order valence-corrected chi connectivity index (χ1v) is 10.8. The molecule has 0 amide bonds. The van der Waals surface area contributed by atoms with Gasteiger partial charge < -0.3 is 4.90 Å². The van der Waals surface area contributed by atoms with Crippen LogP contribution in [0.5, 0.6) is 0 Å². The molecule has 24 heavy (non-hydrogen) atoms. The lowest BCUT2D eigenvalue weighted by molar-refractivity contribution is 0.580. The second kappa shape index (κ2) is 7.82. The van der Waals surface area contributed by atoms with Crippen molar-refractivity contribution < 1.29 is 8.42 Å². The molecule has 3 rings (SSSR count). The number of hydrogen-bond acceptors (Lipinski definition) is 5. The minimum Gasteiger partial charge on any atom is -0.348 e. The molecular formula is C16H20ClN3O2S2. The van der Waals surface area contributed by atoms with Gasteiger partial charge in [-0.25, -0.2) is 18.1 Å². The van der Waals surface area contributed by atoms with Crippen LogP contribution < -0.4 is 9.62 Å². The number of rotatable bonds is 7. The molecule has 2 aromatic rings. The summed E-state index contributed by atoms with van der Waals surface area (Å²) in [6.07, 6.45) is 3.03. The van der Waals surface area contributed by atoms with Gasteiger partial charge in [-0.05, 0) is 24.5 Å². The van der Waals surface area contributed by atoms with Gasteiger partial charge in [-0.3, -0.25) is 0 Å². The Bertz CT molecular complexity index is 786. The van der Waals surface area contributed by atoms with Crippen molar-refractivity contribution in [2.24, 2.45) is 0 Å². The SMILES string of the molecule is O=S(=O)(Cc1ccccc1Cl)NCCc1csc(N2CCCC2)n1. The average molecular weight is 386 g/mol. The van der Waals surface area contributed by atoms with Gasteiger partial charge in [0.05, 0.1) is 11.4 Å². The maximum atomic E-state index is 12.2. The highest BCUT2D eigenvalue weighted by atomic mass is 35.5. The van der Waals surface area contributed by atoms with Gasteiger partial charge >= 0.3 is 0 Å². The fourth-order valence-electron chi connectivity index (χ4n) is 2.67. The van der Waals surface area contributed by atoms with E-state index in [1.54, 1.807) is 35.6 Å². The molecule has 0 atom stereocenters. The van der Waals surface area contributed by atoms with E-state index in [9.17, 15) is 8.42 Å². The van der Waals surface area contributed by atoms with Crippen LogP contribution in [-0.4, -0.2) is 33.0 Å². The van der Waals surface area contributed by atoms with Crippen LogP contribution in [0.25, 0.3) is 0 Å². The van der Waals surface area contributed by atoms with Crippen molar-refractivity contribution in [3.8, 4) is 0 Å². The summed E-state index contributed by atoms with van der Waals surface area (Å²) < 4.78 is 26.9. The molecule has 1 saturated heterocycles. The number of nitrogens with one attached hydrogen (secondary N) is 1. The van der Waals surface area contributed by atoms with E-state index in [-0.39, 0.29) is 5.75 Å². The molecule has 130 valence electrons. The Labute approximate surface area is 151 Å². The average Bonchev–Trinajstić information content (AvgIpc) is 3.20. The van der Waals surface area contributed by atoms with E-state index in [1.165, 1.54) is 12.8 Å². The largest absolute Gasteiger partial charge is 0.348 e. The normalized spacial score (nSPS) is 15.1. The molecule has 1 aromatic carbocycles. The molecular weight excluding hydrogens is 366 g/mol. The minimum atomic E-state index is -3.41. The predicted molar refractivity (Wildman–Crippen MR) is 99.3 cm³/mol. The number of anilines is 1. The minimum absolute atomic E-state index is 0.108. The van der Waals surface area contributed by atoms with Crippen LogP contribution in [0.2, 0.25) is 5.02 Å².